The SMILES string of the molecule is CCCOc1ccc(Cl)cc1NC(=O)NCCc1coc(-c2ccccc2)n1. The summed E-state index contributed by atoms with van der Waals surface area (Å²) in [5.74, 6) is 1.15. The molecule has 0 aliphatic carbocycles. The Hall–Kier alpha value is -2.99. The standard InChI is InChI=1S/C21H22ClN3O3/c1-2-12-27-19-9-8-16(22)13-18(19)25-21(26)23-11-10-17-14-28-20(24-17)15-6-4-3-5-7-15/h3-9,13-14H,2,10-12H2,1H3,(H2,23,25,26). The predicted octanol–water partition coefficient (Wildman–Crippen LogP) is 5.15. The van der Waals surface area contributed by atoms with E-state index < -0.39 is 0 Å². The first-order valence-corrected chi connectivity index (χ1v) is 9.50. The number of ether oxygens (including phenoxy) is 1. The molecule has 6 nitrogen and oxygen atoms in total. The maximum absolute atomic E-state index is 12.2. The molecule has 3 aromatic rings. The molecule has 2 N–H and O–H groups in total. The number of rotatable bonds is 8. The van der Waals surface area contributed by atoms with Crippen LogP contribution in [0, 0.1) is 0 Å². The number of carbonyl (C=O) groups excluding carboxylic acids is 1. The zero-order valence-electron chi connectivity index (χ0n) is 15.6. The highest BCUT2D eigenvalue weighted by Gasteiger charge is 2.10. The van der Waals surface area contributed by atoms with Crippen LogP contribution in [-0.2, 0) is 6.42 Å². The minimum atomic E-state index is -0.338. The van der Waals surface area contributed by atoms with Crippen LogP contribution in [0.5, 0.6) is 5.75 Å². The molecule has 1 aromatic heterocycles. The number of carbonyl (C=O) groups is 1. The average Bonchev–Trinajstić information content (AvgIpc) is 3.17. The predicted molar refractivity (Wildman–Crippen MR) is 110 cm³/mol. The minimum Gasteiger partial charge on any atom is -0.491 e. The van der Waals surface area contributed by atoms with Crippen LogP contribution in [-0.4, -0.2) is 24.2 Å². The van der Waals surface area contributed by atoms with E-state index in [-0.39, 0.29) is 6.03 Å². The second-order valence-electron chi connectivity index (χ2n) is 6.13. The van der Waals surface area contributed by atoms with Gasteiger partial charge in [0.05, 0.1) is 18.0 Å². The minimum absolute atomic E-state index is 0.338. The molecule has 28 heavy (non-hydrogen) atoms. The highest BCUT2D eigenvalue weighted by atomic mass is 35.5. The Balaban J connectivity index is 1.51. The van der Waals surface area contributed by atoms with Gasteiger partial charge in [0.1, 0.15) is 12.0 Å². The topological polar surface area (TPSA) is 76.4 Å². The molecule has 7 heteroatoms. The lowest BCUT2D eigenvalue weighted by atomic mass is 10.2. The maximum atomic E-state index is 12.2. The fraction of sp³-hybridized carbons (Fsp3) is 0.238. The molecule has 0 atom stereocenters. The molecule has 0 aliphatic heterocycles. The highest BCUT2D eigenvalue weighted by Crippen LogP contribution is 2.28. The zero-order chi connectivity index (χ0) is 19.8. The highest BCUT2D eigenvalue weighted by molar-refractivity contribution is 6.31. The van der Waals surface area contributed by atoms with Crippen LogP contribution in [0.1, 0.15) is 19.0 Å². The Labute approximate surface area is 168 Å². The summed E-state index contributed by atoms with van der Waals surface area (Å²) in [6.07, 6.45) is 3.03. The number of urea groups is 1. The smallest absolute Gasteiger partial charge is 0.319 e. The van der Waals surface area contributed by atoms with Crippen LogP contribution in [0.15, 0.2) is 59.2 Å². The molecular weight excluding hydrogens is 378 g/mol. The lowest BCUT2D eigenvalue weighted by Gasteiger charge is -2.13. The molecule has 0 saturated carbocycles. The lowest BCUT2D eigenvalue weighted by Crippen LogP contribution is -2.30. The van der Waals surface area contributed by atoms with Gasteiger partial charge in [-0.15, -0.1) is 0 Å². The first kappa shape index (κ1) is 19.8. The average molecular weight is 400 g/mol. The third-order valence-electron chi connectivity index (χ3n) is 3.89. The molecule has 0 saturated heterocycles. The Morgan fingerprint density at radius 2 is 2.04 bits per heavy atom. The summed E-state index contributed by atoms with van der Waals surface area (Å²) in [6.45, 7) is 3.00. The van der Waals surface area contributed by atoms with Crippen molar-refractivity contribution in [3.05, 3.63) is 65.5 Å². The third-order valence-corrected chi connectivity index (χ3v) is 4.13. The van der Waals surface area contributed by atoms with Gasteiger partial charge >= 0.3 is 6.03 Å². The van der Waals surface area contributed by atoms with Gasteiger partial charge in [-0.2, -0.15) is 0 Å². The zero-order valence-corrected chi connectivity index (χ0v) is 16.3. The van der Waals surface area contributed by atoms with E-state index in [1.807, 2.05) is 37.3 Å². The number of benzene rings is 2. The molecule has 1 heterocycles. The number of halogens is 1. The van der Waals surface area contributed by atoms with E-state index in [1.165, 1.54) is 0 Å². The van der Waals surface area contributed by atoms with Crippen molar-refractivity contribution < 1.29 is 13.9 Å². The summed E-state index contributed by atoms with van der Waals surface area (Å²) in [6, 6.07) is 14.5. The normalized spacial score (nSPS) is 10.5. The van der Waals surface area contributed by atoms with Crippen LogP contribution in [0.2, 0.25) is 5.02 Å². The number of nitrogens with one attached hydrogen (secondary N) is 2. The largest absolute Gasteiger partial charge is 0.491 e. The molecule has 0 bridgehead atoms. The van der Waals surface area contributed by atoms with Crippen molar-refractivity contribution in [1.29, 1.82) is 0 Å². The fourth-order valence-corrected chi connectivity index (χ4v) is 2.72. The summed E-state index contributed by atoms with van der Waals surface area (Å²) in [4.78, 5) is 16.6. The second-order valence-corrected chi connectivity index (χ2v) is 6.57. The molecule has 146 valence electrons. The van der Waals surface area contributed by atoms with Gasteiger partial charge in [0.15, 0.2) is 0 Å². The molecule has 2 amide bonds. The van der Waals surface area contributed by atoms with E-state index in [4.69, 9.17) is 20.8 Å². The first-order chi connectivity index (χ1) is 13.7. The summed E-state index contributed by atoms with van der Waals surface area (Å²) < 4.78 is 11.1. The Bertz CT molecular complexity index is 912. The Morgan fingerprint density at radius 3 is 2.82 bits per heavy atom. The van der Waals surface area contributed by atoms with Crippen molar-refractivity contribution in [2.24, 2.45) is 0 Å². The quantitative estimate of drug-likeness (QED) is 0.549. The lowest BCUT2D eigenvalue weighted by molar-refractivity contribution is 0.252. The van der Waals surface area contributed by atoms with Gasteiger partial charge in [-0.1, -0.05) is 36.7 Å². The van der Waals surface area contributed by atoms with Crippen LogP contribution >= 0.6 is 11.6 Å². The number of aromatic nitrogens is 1. The Kier molecular flexibility index (Phi) is 6.92. The van der Waals surface area contributed by atoms with Crippen molar-refractivity contribution in [2.45, 2.75) is 19.8 Å². The second kappa shape index (κ2) is 9.80. The van der Waals surface area contributed by atoms with E-state index in [9.17, 15) is 4.79 Å². The van der Waals surface area contributed by atoms with E-state index >= 15 is 0 Å². The first-order valence-electron chi connectivity index (χ1n) is 9.12. The van der Waals surface area contributed by atoms with Gasteiger partial charge in [-0.3, -0.25) is 0 Å². The fourth-order valence-electron chi connectivity index (χ4n) is 2.54. The van der Waals surface area contributed by atoms with Crippen molar-refractivity contribution >= 4 is 23.3 Å². The summed E-state index contributed by atoms with van der Waals surface area (Å²) >= 11 is 6.03. The number of nitrogens with zero attached hydrogens (tertiary/aromatic N) is 1. The van der Waals surface area contributed by atoms with Crippen molar-refractivity contribution in [2.75, 3.05) is 18.5 Å². The molecule has 0 spiro atoms. The van der Waals surface area contributed by atoms with Crippen molar-refractivity contribution in [3.8, 4) is 17.2 Å². The summed E-state index contributed by atoms with van der Waals surface area (Å²) in [5.41, 5.74) is 2.22. The Morgan fingerprint density at radius 1 is 1.21 bits per heavy atom. The van der Waals surface area contributed by atoms with Crippen molar-refractivity contribution in [3.63, 3.8) is 0 Å². The van der Waals surface area contributed by atoms with Gasteiger partial charge < -0.3 is 19.8 Å². The summed E-state index contributed by atoms with van der Waals surface area (Å²) in [5, 5.41) is 6.10. The number of hydrogen-bond acceptors (Lipinski definition) is 4. The molecule has 3 rings (SSSR count). The van der Waals surface area contributed by atoms with Gasteiger partial charge in [0.25, 0.3) is 0 Å². The molecule has 0 radical (unpaired) electrons. The molecular formula is C21H22ClN3O3. The van der Waals surface area contributed by atoms with Crippen LogP contribution in [0.25, 0.3) is 11.5 Å². The van der Waals surface area contributed by atoms with Gasteiger partial charge in [0.2, 0.25) is 5.89 Å². The van der Waals surface area contributed by atoms with Crippen LogP contribution in [0.3, 0.4) is 0 Å². The number of oxazole rings is 1. The van der Waals surface area contributed by atoms with E-state index in [2.05, 4.69) is 15.6 Å². The molecule has 0 aliphatic rings. The number of anilines is 1. The third kappa shape index (κ3) is 5.50. The van der Waals surface area contributed by atoms with E-state index in [0.717, 1.165) is 17.7 Å². The van der Waals surface area contributed by atoms with Crippen molar-refractivity contribution in [1.82, 2.24) is 10.3 Å². The van der Waals surface area contributed by atoms with E-state index in [1.54, 1.807) is 24.5 Å². The molecule has 0 fully saturated rings. The molecule has 2 aromatic carbocycles. The monoisotopic (exact) mass is 399 g/mol. The molecule has 0 unspecified atom stereocenters. The van der Waals surface area contributed by atoms with Crippen LogP contribution < -0.4 is 15.4 Å². The maximum Gasteiger partial charge on any atom is 0.319 e. The van der Waals surface area contributed by atoms with Gasteiger partial charge in [-0.25, -0.2) is 9.78 Å². The number of amides is 2. The van der Waals surface area contributed by atoms with Gasteiger partial charge in [0, 0.05) is 23.6 Å². The van der Waals surface area contributed by atoms with Crippen LogP contribution in [0.4, 0.5) is 10.5 Å². The van der Waals surface area contributed by atoms with E-state index in [0.29, 0.717) is 41.9 Å². The number of hydrogen-bond donors (Lipinski definition) is 2. The summed E-state index contributed by atoms with van der Waals surface area (Å²) in [7, 11) is 0. The van der Waals surface area contributed by atoms with Gasteiger partial charge in [-0.05, 0) is 36.8 Å².